The number of non-ortho nitro benzene ring substituents is 1. The summed E-state index contributed by atoms with van der Waals surface area (Å²) in [5.74, 6) is -0.359. The second-order valence-electron chi connectivity index (χ2n) is 8.76. The van der Waals surface area contributed by atoms with Crippen molar-refractivity contribution in [1.29, 1.82) is 0 Å². The van der Waals surface area contributed by atoms with E-state index < -0.39 is 23.1 Å². The molecule has 0 spiro atoms. The third-order valence-corrected chi connectivity index (χ3v) is 6.45. The summed E-state index contributed by atoms with van der Waals surface area (Å²) >= 11 is 0. The Kier molecular flexibility index (Phi) is 6.49. The van der Waals surface area contributed by atoms with Crippen molar-refractivity contribution in [3.63, 3.8) is 0 Å². The van der Waals surface area contributed by atoms with E-state index in [0.717, 1.165) is 11.1 Å². The second-order valence-corrected chi connectivity index (χ2v) is 8.76. The number of fused-ring (bicyclic) bond motifs is 1. The number of nitrogens with zero attached hydrogens (tertiary/aromatic N) is 1. The van der Waals surface area contributed by atoms with Crippen molar-refractivity contribution in [3.05, 3.63) is 107 Å². The van der Waals surface area contributed by atoms with Crippen molar-refractivity contribution >= 4 is 17.4 Å². The number of hydrogen-bond donors (Lipinski definition) is 0. The molecule has 1 fully saturated rings. The van der Waals surface area contributed by atoms with Crippen molar-refractivity contribution < 1.29 is 28.7 Å². The summed E-state index contributed by atoms with van der Waals surface area (Å²) < 4.78 is 17.2. The van der Waals surface area contributed by atoms with Crippen LogP contribution in [-0.4, -0.2) is 28.9 Å². The minimum Gasteiger partial charge on any atom is -0.493 e. The molecular weight excluding hydrogens is 462 g/mol. The number of carbonyl (C=O) groups excluding carboxylic acids is 2. The number of benzene rings is 3. The Morgan fingerprint density at radius 2 is 1.61 bits per heavy atom. The van der Waals surface area contributed by atoms with Gasteiger partial charge in [0, 0.05) is 18.6 Å². The molecule has 0 radical (unpaired) electrons. The smallest absolute Gasteiger partial charge is 0.338 e. The number of esters is 1. The van der Waals surface area contributed by atoms with Crippen LogP contribution in [0.3, 0.4) is 0 Å². The number of ketones is 1. The Hall–Kier alpha value is -4.46. The Morgan fingerprint density at radius 1 is 0.917 bits per heavy atom. The lowest BCUT2D eigenvalue weighted by Gasteiger charge is -2.36. The molecule has 36 heavy (non-hydrogen) atoms. The number of nitro benzene ring substituents is 1. The van der Waals surface area contributed by atoms with Gasteiger partial charge >= 0.3 is 5.97 Å². The van der Waals surface area contributed by atoms with Gasteiger partial charge in [-0.15, -0.1) is 0 Å². The van der Waals surface area contributed by atoms with Crippen molar-refractivity contribution in [2.24, 2.45) is 5.92 Å². The van der Waals surface area contributed by atoms with E-state index in [1.165, 1.54) is 30.5 Å². The van der Waals surface area contributed by atoms with Gasteiger partial charge in [0.1, 0.15) is 24.2 Å². The highest BCUT2D eigenvalue weighted by Gasteiger charge is 2.42. The fraction of sp³-hybridized carbons (Fsp3) is 0.214. The zero-order valence-electron chi connectivity index (χ0n) is 19.2. The molecule has 182 valence electrons. The van der Waals surface area contributed by atoms with E-state index in [0.29, 0.717) is 25.0 Å². The minimum atomic E-state index is -0.561. The topological polar surface area (TPSA) is 105 Å². The van der Waals surface area contributed by atoms with Crippen molar-refractivity contribution in [1.82, 2.24) is 0 Å². The first-order valence-electron chi connectivity index (χ1n) is 11.7. The molecule has 2 aliphatic rings. The highest BCUT2D eigenvalue weighted by atomic mass is 16.6. The molecule has 0 aromatic heterocycles. The number of hydrogen-bond acceptors (Lipinski definition) is 7. The zero-order valence-corrected chi connectivity index (χ0v) is 19.2. The predicted molar refractivity (Wildman–Crippen MR) is 130 cm³/mol. The maximum absolute atomic E-state index is 13.1. The Morgan fingerprint density at radius 3 is 2.31 bits per heavy atom. The average molecular weight is 485 g/mol. The third kappa shape index (κ3) is 4.98. The lowest BCUT2D eigenvalue weighted by Crippen LogP contribution is -2.43. The molecule has 8 heteroatoms. The van der Waals surface area contributed by atoms with Crippen LogP contribution in [0.25, 0.3) is 11.1 Å². The monoisotopic (exact) mass is 485 g/mol. The van der Waals surface area contributed by atoms with E-state index in [2.05, 4.69) is 0 Å². The van der Waals surface area contributed by atoms with Gasteiger partial charge in [-0.3, -0.25) is 14.9 Å². The molecule has 0 bridgehead atoms. The van der Waals surface area contributed by atoms with E-state index in [9.17, 15) is 19.7 Å². The van der Waals surface area contributed by atoms with Crippen LogP contribution in [0.2, 0.25) is 0 Å². The highest BCUT2D eigenvalue weighted by Crippen LogP contribution is 2.35. The molecule has 0 N–H and O–H groups in total. The first-order chi connectivity index (χ1) is 17.5. The molecule has 0 saturated heterocycles. The maximum atomic E-state index is 13.1. The highest BCUT2D eigenvalue weighted by molar-refractivity contribution is 5.96. The first-order valence-corrected chi connectivity index (χ1v) is 11.7. The van der Waals surface area contributed by atoms with Crippen LogP contribution in [0.5, 0.6) is 5.75 Å². The van der Waals surface area contributed by atoms with Crippen LogP contribution in [0.15, 0.2) is 90.9 Å². The van der Waals surface area contributed by atoms with Gasteiger partial charge < -0.3 is 14.2 Å². The Bertz CT molecular complexity index is 1300. The van der Waals surface area contributed by atoms with Gasteiger partial charge in [-0.1, -0.05) is 42.5 Å². The summed E-state index contributed by atoms with van der Waals surface area (Å²) in [6, 6.07) is 22.7. The van der Waals surface area contributed by atoms with E-state index in [1.54, 1.807) is 0 Å². The van der Waals surface area contributed by atoms with Crippen LogP contribution in [0, 0.1) is 16.0 Å². The Balaban J connectivity index is 1.19. The predicted octanol–water partition coefficient (Wildman–Crippen LogP) is 5.48. The molecule has 8 nitrogen and oxygen atoms in total. The zero-order chi connectivity index (χ0) is 25.1. The molecule has 0 amide bonds. The van der Waals surface area contributed by atoms with Crippen LogP contribution < -0.4 is 4.74 Å². The normalized spacial score (nSPS) is 20.9. The average Bonchev–Trinajstić information content (AvgIpc) is 2.91. The molecule has 3 atom stereocenters. The van der Waals surface area contributed by atoms with Gasteiger partial charge in [0.15, 0.2) is 0 Å². The summed E-state index contributed by atoms with van der Waals surface area (Å²) in [4.78, 5) is 35.8. The SMILES string of the molecule is O=C(OC1CCC2C(=O)C(Oc3ccc(-c4ccccc4)cc3)=COC2C1)c1ccc([N+](=O)[O-])cc1. The van der Waals surface area contributed by atoms with E-state index in [4.69, 9.17) is 14.2 Å². The first kappa shape index (κ1) is 23.3. The van der Waals surface area contributed by atoms with Gasteiger partial charge in [0.2, 0.25) is 11.5 Å². The summed E-state index contributed by atoms with van der Waals surface area (Å²) in [7, 11) is 0. The quantitative estimate of drug-likeness (QED) is 0.259. The maximum Gasteiger partial charge on any atom is 0.338 e. The van der Waals surface area contributed by atoms with Gasteiger partial charge in [-0.25, -0.2) is 4.79 Å². The largest absolute Gasteiger partial charge is 0.493 e. The van der Waals surface area contributed by atoms with E-state index in [-0.39, 0.29) is 28.7 Å². The molecule has 1 aliphatic heterocycles. The molecule has 1 saturated carbocycles. The van der Waals surface area contributed by atoms with Gasteiger partial charge in [-0.05, 0) is 48.2 Å². The summed E-state index contributed by atoms with van der Waals surface area (Å²) in [5.41, 5.74) is 2.27. The number of carbonyl (C=O) groups is 2. The summed E-state index contributed by atoms with van der Waals surface area (Å²) in [5, 5.41) is 10.8. The van der Waals surface area contributed by atoms with Crippen LogP contribution >= 0.6 is 0 Å². The number of allylic oxidation sites excluding steroid dienone is 1. The lowest BCUT2D eigenvalue weighted by molar-refractivity contribution is -0.384. The number of nitro groups is 1. The van der Waals surface area contributed by atoms with Crippen molar-refractivity contribution in [2.75, 3.05) is 0 Å². The summed E-state index contributed by atoms with van der Waals surface area (Å²) in [6.45, 7) is 0. The Labute approximate surface area is 207 Å². The number of Topliss-reactive ketones (excluding diaryl/α,β-unsaturated/α-hetero) is 1. The van der Waals surface area contributed by atoms with E-state index >= 15 is 0 Å². The van der Waals surface area contributed by atoms with Crippen molar-refractivity contribution in [2.45, 2.75) is 31.5 Å². The van der Waals surface area contributed by atoms with Crippen LogP contribution in [0.4, 0.5) is 5.69 Å². The number of ether oxygens (including phenoxy) is 3. The van der Waals surface area contributed by atoms with Gasteiger partial charge in [0.25, 0.3) is 5.69 Å². The molecule has 3 aromatic carbocycles. The molecule has 1 aliphatic carbocycles. The molecule has 3 aromatic rings. The van der Waals surface area contributed by atoms with Crippen LogP contribution in [-0.2, 0) is 14.3 Å². The number of rotatable bonds is 6. The van der Waals surface area contributed by atoms with E-state index in [1.807, 2.05) is 54.6 Å². The molecule has 1 heterocycles. The summed E-state index contributed by atoms with van der Waals surface area (Å²) in [6.07, 6.45) is 1.90. The second kappa shape index (κ2) is 10.0. The van der Waals surface area contributed by atoms with Gasteiger partial charge in [0.05, 0.1) is 16.4 Å². The standard InChI is InChI=1S/C28H23NO7/c30-27-24-15-14-23(36-28(31)20-6-10-21(11-7-20)29(32)33)16-25(24)34-17-26(27)35-22-12-8-19(9-13-22)18-4-2-1-3-5-18/h1-13,17,23-25H,14-16H2. The molecule has 3 unspecified atom stereocenters. The minimum absolute atomic E-state index is 0.0990. The molecular formula is C28H23NO7. The van der Waals surface area contributed by atoms with Crippen molar-refractivity contribution in [3.8, 4) is 16.9 Å². The third-order valence-electron chi connectivity index (χ3n) is 6.45. The lowest BCUT2D eigenvalue weighted by atomic mass is 9.80. The fourth-order valence-corrected chi connectivity index (χ4v) is 4.53. The van der Waals surface area contributed by atoms with Gasteiger partial charge in [-0.2, -0.15) is 0 Å². The fourth-order valence-electron chi connectivity index (χ4n) is 4.53. The molecule has 5 rings (SSSR count). The van der Waals surface area contributed by atoms with Crippen LogP contribution in [0.1, 0.15) is 29.6 Å².